The first-order chi connectivity index (χ1) is 59.7. The zero-order valence-electron chi connectivity index (χ0n) is 70.3. The SMILES string of the molecule is CN.COc1cc(C)cc(N)c1.COc1cc(NCc2cnc(Cl)nc2Cl)cc(OC)c1.COc1cc(OC)c(Cl)c(N2Cc3cnc(Cl)nc3N(C)C2=O)c1Cl.COc1cc(OC)cc(N2Cc3cnc(Cl)nc3N(C)C2=O)c1.Cl.ClCc1cnc(Cl)nc1Cl.Clc1ncc(CI)c(Cl)n1.O=S(=O)(Cl)Cl.O=c1[nH]cc(CO)c(=O)[nH]1.O=c1cc[nH]c(=O)[nH]1.[2H]CC.[I-].[Na+]. The van der Waals surface area contributed by atoms with E-state index in [1.165, 1.54) is 60.6 Å². The van der Waals surface area contributed by atoms with E-state index in [2.05, 4.69) is 115 Å². The molecule has 0 unspecified atom stereocenters. The minimum Gasteiger partial charge on any atom is -1.00 e. The largest absolute Gasteiger partial charge is 1.00 e. The molecule has 55 heteroatoms. The Labute approximate surface area is 858 Å². The third-order valence-electron chi connectivity index (χ3n) is 15.0. The molecule has 2 aliphatic heterocycles. The molecule has 0 bridgehead atoms. The molecule has 0 saturated heterocycles. The van der Waals surface area contributed by atoms with E-state index < -0.39 is 25.2 Å². The van der Waals surface area contributed by atoms with Crippen LogP contribution in [0.25, 0.3) is 0 Å². The van der Waals surface area contributed by atoms with E-state index in [0.717, 1.165) is 43.8 Å². The van der Waals surface area contributed by atoms with Crippen LogP contribution in [0.15, 0.2) is 129 Å². The minimum absolute atomic E-state index is 0. The number of carbonyl (C=O) groups excluding carboxylic acids is 2. The number of nitrogens with zero attached hydrogens (tertiary/aromatic N) is 14. The van der Waals surface area contributed by atoms with Crippen molar-refractivity contribution in [3.8, 4) is 40.2 Å². The molecule has 0 radical (unpaired) electrons. The van der Waals surface area contributed by atoms with Gasteiger partial charge in [-0.1, -0.05) is 94.4 Å². The number of aromatic amines is 4. The van der Waals surface area contributed by atoms with Crippen molar-refractivity contribution in [1.29, 1.82) is 0 Å². The molecule has 37 nitrogen and oxygen atoms in total. The van der Waals surface area contributed by atoms with Gasteiger partial charge in [0.05, 0.1) is 92.3 Å². The molecule has 11 aromatic rings. The smallest absolute Gasteiger partial charge is 1.00 e. The van der Waals surface area contributed by atoms with Crippen LogP contribution >= 0.6 is 184 Å². The van der Waals surface area contributed by atoms with Crippen LogP contribution in [0.4, 0.5) is 44.0 Å². The Bertz CT molecular complexity index is 5620. The van der Waals surface area contributed by atoms with Gasteiger partial charge in [0.2, 0.25) is 26.4 Å². The Morgan fingerprint density at radius 1 is 0.555 bits per heavy atom. The first-order valence-electron chi connectivity index (χ1n) is 35.1. The number of nitrogen functional groups attached to an aromatic ring is 1. The monoisotopic (exact) mass is 2310 g/mol. The first kappa shape index (κ1) is 119. The summed E-state index contributed by atoms with van der Waals surface area (Å²) < 4.78 is 61.8. The molecule has 0 atom stereocenters. The molecule has 13 rings (SSSR count). The number of H-pyrrole nitrogens is 4. The van der Waals surface area contributed by atoms with Crippen molar-refractivity contribution in [3.63, 3.8) is 0 Å². The quantitative estimate of drug-likeness (QED) is 0.00899. The summed E-state index contributed by atoms with van der Waals surface area (Å²) in [5.41, 5.74) is 15.7. The maximum Gasteiger partial charge on any atom is 1.00 e. The van der Waals surface area contributed by atoms with E-state index in [0.29, 0.717) is 104 Å². The molecule has 4 aromatic carbocycles. The number of nitrogens with two attached hydrogens (primary N) is 2. The van der Waals surface area contributed by atoms with Crippen molar-refractivity contribution in [1.82, 2.24) is 69.8 Å². The molecule has 0 fully saturated rings. The Kier molecular flexibility index (Phi) is 57.7. The average Bonchev–Trinajstić information content (AvgIpc) is 0.759. The van der Waals surface area contributed by atoms with Gasteiger partial charge < -0.3 is 89.0 Å². The number of hydrogen-bond donors (Lipinski definition) is 8. The van der Waals surface area contributed by atoms with Crippen LogP contribution in [0.3, 0.4) is 0 Å². The van der Waals surface area contributed by atoms with Crippen LogP contribution in [0, 0.1) is 6.92 Å². The van der Waals surface area contributed by atoms with Crippen LogP contribution in [0.5, 0.6) is 40.2 Å². The molecule has 7 aromatic heterocycles. The van der Waals surface area contributed by atoms with Crippen LogP contribution in [-0.4, -0.2) is 166 Å². The number of nitrogens with one attached hydrogen (secondary N) is 5. The number of benzene rings is 4. The molecule has 692 valence electrons. The number of rotatable bonds is 15. The summed E-state index contributed by atoms with van der Waals surface area (Å²) in [6.07, 6.45) is 10.4. The van der Waals surface area contributed by atoms with E-state index >= 15 is 0 Å². The number of aliphatic hydroxyl groups excluding tert-OH is 1. The average molecular weight is 2310 g/mol. The van der Waals surface area contributed by atoms with Crippen molar-refractivity contribution < 1.29 is 111 Å². The number of alkyl halides is 2. The molecule has 0 saturated carbocycles. The molecular weight excluding hydrogens is 2230 g/mol. The van der Waals surface area contributed by atoms with Gasteiger partial charge in [-0.05, 0) is 89.7 Å². The number of aryl methyl sites for hydroxylation is 1. The van der Waals surface area contributed by atoms with E-state index in [-0.39, 0.29) is 144 Å². The Morgan fingerprint density at radius 2 is 0.945 bits per heavy atom. The van der Waals surface area contributed by atoms with Gasteiger partial charge in [-0.3, -0.25) is 39.2 Å². The number of halogens is 16. The number of aliphatic hydroxyl groups is 1. The normalized spacial score (nSPS) is 11.0. The second-order valence-corrected chi connectivity index (χ2v) is 31.2. The number of methoxy groups -OCH3 is 7. The number of urea groups is 2. The maximum atomic E-state index is 12.9. The van der Waals surface area contributed by atoms with Gasteiger partial charge in [0, 0.05) is 185 Å². The predicted molar refractivity (Wildman–Crippen MR) is 506 cm³/mol. The number of anilines is 6. The molecule has 2 aliphatic rings. The summed E-state index contributed by atoms with van der Waals surface area (Å²) in [5, 5.41) is 13.8. The van der Waals surface area contributed by atoms with Gasteiger partial charge in [-0.15, -0.1) is 24.0 Å². The van der Waals surface area contributed by atoms with Crippen molar-refractivity contribution >= 4 is 239 Å². The second kappa shape index (κ2) is 62.2. The molecule has 0 spiro atoms. The third-order valence-corrected chi connectivity index (χ3v) is 18.7. The Hall–Kier alpha value is -7.23. The van der Waals surface area contributed by atoms with Gasteiger partial charge in [0.1, 0.15) is 77.4 Å². The minimum atomic E-state index is -3.72. The van der Waals surface area contributed by atoms with Gasteiger partial charge in [0.15, 0.2) is 0 Å². The predicted octanol–water partition coefficient (Wildman–Crippen LogP) is 10.4. The van der Waals surface area contributed by atoms with E-state index in [1.807, 2.05) is 41.2 Å². The standard InChI is InChI=1S/C15H13Cl3N4O3.C15H15ClN4O3.C13H13Cl2N3O2.C8H11NO.C5H3Cl3N2.C5H3Cl2IN2.C5H6N2O3.C4H4N2O2.C2H6.CH5N.Cl2O2S.ClH.HI.Na/c1-21-13-7(5-19-14(18)20-13)6-22(15(21)23)12-10(16)8(24-2)4-9(25-3)11(12)17;1-19-13-9(7-17-14(16)18-13)8-20(15(19)21)10-4-11(22-2)6-12(5-10)23-3;1-19-10-3-9(4-11(5-10)20-2)16-6-8-7-17-13(15)18-12(8)14;1-6-3-7(9)5-8(4-6)10-2;6-1-3-2-9-5(8)10-4(3)7;6-4-3(1-8)2-9-5(7)10-4;8-2-3-1-6-5(10)7-4(3)9;7-3-1-2-5-4(8)6-3;2*1-2;1-5(2,3)4;;;/h4-5H,6H2,1-3H3;4-7H,8H2,1-3H3;3-5,7,16H,6H2,1-2H3;3-5H,9H2,1-2H3;2*2H,1H2;1,8H,2H2,(H2,6,7,9,10);1-2H,(H2,5,6,7,8);1-2H3;2H2,1H3;;2*1H;/q;;;;;;;;;;;;;+1/p-1/i;;;;;;;;1D;;;;;. The fourth-order valence-electron chi connectivity index (χ4n) is 9.35. The van der Waals surface area contributed by atoms with Gasteiger partial charge in [-0.2, -0.15) is 18.4 Å². The van der Waals surface area contributed by atoms with Gasteiger partial charge in [-0.25, -0.2) is 59.0 Å². The zero-order chi connectivity index (χ0) is 94.8. The summed E-state index contributed by atoms with van der Waals surface area (Å²) in [6, 6.07) is 18.6. The number of aromatic nitrogens is 14. The van der Waals surface area contributed by atoms with Gasteiger partial charge >= 0.3 is 61.3 Å². The maximum absolute atomic E-state index is 12.9. The first-order valence-corrected chi connectivity index (χ1v) is 43.3. The fraction of sp³-hybridized carbons (Fsp3) is 0.260. The van der Waals surface area contributed by atoms with Crippen LogP contribution < -0.4 is 146 Å². The Balaban J connectivity index is 0.00000147. The van der Waals surface area contributed by atoms with Gasteiger partial charge in [0.25, 0.3) is 11.1 Å². The topological polar surface area (TPSA) is 490 Å². The van der Waals surface area contributed by atoms with Crippen LogP contribution in [-0.2, 0) is 44.8 Å². The van der Waals surface area contributed by atoms with E-state index in [1.54, 1.807) is 123 Å². The Morgan fingerprint density at radius 3 is 1.32 bits per heavy atom. The zero-order valence-corrected chi connectivity index (χ0v) is 87.1. The van der Waals surface area contributed by atoms with Crippen LogP contribution in [0.2, 0.25) is 51.9 Å². The molecule has 10 N–H and O–H groups in total. The molecule has 0 aliphatic carbocycles. The third kappa shape index (κ3) is 40.5. The number of fused-ring (bicyclic) bond motifs is 2. The summed E-state index contributed by atoms with van der Waals surface area (Å²) in [5.74, 6) is 5.35. The number of carbonyl (C=O) groups is 2. The molecule has 128 heavy (non-hydrogen) atoms. The summed E-state index contributed by atoms with van der Waals surface area (Å²) in [6.45, 7) is 4.88. The van der Waals surface area contributed by atoms with E-state index in [4.69, 9.17) is 181 Å². The molecule has 9 heterocycles. The molecular formula is C73H80Cl14I2N21NaO16S. The fourth-order valence-corrected chi connectivity index (χ4v) is 12.5. The van der Waals surface area contributed by atoms with Crippen molar-refractivity contribution in [2.24, 2.45) is 5.73 Å². The summed E-state index contributed by atoms with van der Waals surface area (Å²) in [4.78, 5) is 120. The number of amides is 4. The number of ether oxygens (including phenoxy) is 7. The molecule has 4 amide bonds. The van der Waals surface area contributed by atoms with Crippen LogP contribution in [0.1, 0.15) is 54.1 Å². The summed E-state index contributed by atoms with van der Waals surface area (Å²) in [7, 11) is 20.4. The summed E-state index contributed by atoms with van der Waals surface area (Å²) >= 11 is 66.0. The number of hydrogen-bond acceptors (Lipinski definition) is 29. The van der Waals surface area contributed by atoms with Crippen molar-refractivity contribution in [3.05, 3.63) is 243 Å². The van der Waals surface area contributed by atoms with Crippen molar-refractivity contribution in [2.75, 3.05) is 102 Å². The van der Waals surface area contributed by atoms with E-state index in [9.17, 15) is 28.8 Å². The second-order valence-electron chi connectivity index (χ2n) is 23.0. The van der Waals surface area contributed by atoms with Crippen molar-refractivity contribution in [2.45, 2.75) is 57.3 Å².